The molecule has 0 radical (unpaired) electrons. The first-order valence-electron chi connectivity index (χ1n) is 7.00. The van der Waals surface area contributed by atoms with E-state index in [1.165, 1.54) is 25.7 Å². The van der Waals surface area contributed by atoms with E-state index < -0.39 is 0 Å². The molecule has 0 bridgehead atoms. The Bertz CT molecular complexity index is 241. The maximum atomic E-state index is 11.8. The highest BCUT2D eigenvalue weighted by atomic mass is 16.2. The molecule has 3 heteroatoms. The van der Waals surface area contributed by atoms with Gasteiger partial charge in [0.1, 0.15) is 0 Å². The van der Waals surface area contributed by atoms with Crippen LogP contribution in [0.1, 0.15) is 53.4 Å². The van der Waals surface area contributed by atoms with Crippen molar-refractivity contribution in [2.75, 3.05) is 13.1 Å². The predicted molar refractivity (Wildman–Crippen MR) is 71.9 cm³/mol. The topological polar surface area (TPSA) is 41.1 Å². The standard InChI is InChI=1S/C14H28N2O/c1-5-14(7-6-8-14)10-16-12(4)13(17)15-9-11(2)3/h11-12,16H,5-10H2,1-4H3,(H,15,17). The zero-order valence-corrected chi connectivity index (χ0v) is 11.8. The third kappa shape index (κ3) is 4.30. The fourth-order valence-electron chi connectivity index (χ4n) is 2.25. The Hall–Kier alpha value is -0.570. The number of carbonyl (C=O) groups is 1. The van der Waals surface area contributed by atoms with Gasteiger partial charge in [0.25, 0.3) is 0 Å². The predicted octanol–water partition coefficient (Wildman–Crippen LogP) is 2.32. The summed E-state index contributed by atoms with van der Waals surface area (Å²) in [6.07, 6.45) is 5.21. The Kier molecular flexibility index (Phi) is 5.44. The zero-order valence-electron chi connectivity index (χ0n) is 11.8. The number of carbonyl (C=O) groups excluding carboxylic acids is 1. The first-order valence-corrected chi connectivity index (χ1v) is 7.00. The van der Waals surface area contributed by atoms with E-state index >= 15 is 0 Å². The van der Waals surface area contributed by atoms with Gasteiger partial charge in [0.2, 0.25) is 5.91 Å². The highest BCUT2D eigenvalue weighted by Crippen LogP contribution is 2.43. The van der Waals surface area contributed by atoms with Crippen LogP contribution in [0.25, 0.3) is 0 Å². The number of hydrogen-bond acceptors (Lipinski definition) is 2. The summed E-state index contributed by atoms with van der Waals surface area (Å²) in [6, 6.07) is -0.0715. The third-order valence-electron chi connectivity index (χ3n) is 4.03. The molecule has 1 fully saturated rings. The second kappa shape index (κ2) is 6.39. The quantitative estimate of drug-likeness (QED) is 0.717. The van der Waals surface area contributed by atoms with Crippen LogP contribution in [0.5, 0.6) is 0 Å². The molecule has 0 aromatic rings. The van der Waals surface area contributed by atoms with Crippen LogP contribution in [0, 0.1) is 11.3 Å². The SMILES string of the molecule is CCC1(CNC(C)C(=O)NCC(C)C)CCC1. The van der Waals surface area contributed by atoms with E-state index in [9.17, 15) is 4.79 Å². The van der Waals surface area contributed by atoms with Crippen molar-refractivity contribution < 1.29 is 4.79 Å². The molecule has 100 valence electrons. The molecule has 0 aliphatic heterocycles. The first kappa shape index (κ1) is 14.5. The number of rotatable bonds is 7. The van der Waals surface area contributed by atoms with Crippen LogP contribution in [-0.4, -0.2) is 25.0 Å². The molecule has 1 amide bonds. The molecule has 3 nitrogen and oxygen atoms in total. The highest BCUT2D eigenvalue weighted by Gasteiger charge is 2.35. The van der Waals surface area contributed by atoms with Crippen molar-refractivity contribution in [1.82, 2.24) is 10.6 Å². The molecular weight excluding hydrogens is 212 g/mol. The first-order chi connectivity index (χ1) is 7.99. The van der Waals surface area contributed by atoms with Crippen LogP contribution < -0.4 is 10.6 Å². The molecular formula is C14H28N2O. The van der Waals surface area contributed by atoms with Crippen LogP contribution >= 0.6 is 0 Å². The van der Waals surface area contributed by atoms with Gasteiger partial charge >= 0.3 is 0 Å². The fraction of sp³-hybridized carbons (Fsp3) is 0.929. The maximum absolute atomic E-state index is 11.8. The smallest absolute Gasteiger partial charge is 0.236 e. The van der Waals surface area contributed by atoms with Gasteiger partial charge in [-0.15, -0.1) is 0 Å². The van der Waals surface area contributed by atoms with Crippen molar-refractivity contribution >= 4 is 5.91 Å². The van der Waals surface area contributed by atoms with Gasteiger partial charge in [0.15, 0.2) is 0 Å². The number of amides is 1. The lowest BCUT2D eigenvalue weighted by atomic mass is 9.67. The van der Waals surface area contributed by atoms with Crippen LogP contribution in [-0.2, 0) is 4.79 Å². The molecule has 0 heterocycles. The van der Waals surface area contributed by atoms with E-state index in [2.05, 4.69) is 31.4 Å². The number of hydrogen-bond donors (Lipinski definition) is 2. The molecule has 1 saturated carbocycles. The molecule has 0 aromatic heterocycles. The molecule has 0 aromatic carbocycles. The van der Waals surface area contributed by atoms with Crippen molar-refractivity contribution in [3.63, 3.8) is 0 Å². The van der Waals surface area contributed by atoms with Gasteiger partial charge in [-0.3, -0.25) is 4.79 Å². The van der Waals surface area contributed by atoms with Gasteiger partial charge in [-0.1, -0.05) is 27.2 Å². The summed E-state index contributed by atoms with van der Waals surface area (Å²) in [6.45, 7) is 10.2. The molecule has 1 atom stereocenters. The summed E-state index contributed by atoms with van der Waals surface area (Å²) in [5, 5.41) is 6.36. The summed E-state index contributed by atoms with van der Waals surface area (Å²) in [7, 11) is 0. The van der Waals surface area contributed by atoms with Crippen LogP contribution in [0.2, 0.25) is 0 Å². The minimum absolute atomic E-state index is 0.0715. The average Bonchev–Trinajstić information content (AvgIpc) is 2.24. The second-order valence-electron chi connectivity index (χ2n) is 5.95. The van der Waals surface area contributed by atoms with Crippen molar-refractivity contribution in [1.29, 1.82) is 0 Å². The van der Waals surface area contributed by atoms with Crippen LogP contribution in [0.15, 0.2) is 0 Å². The van der Waals surface area contributed by atoms with Gasteiger partial charge in [-0.25, -0.2) is 0 Å². The molecule has 0 spiro atoms. The Labute approximate surface area is 106 Å². The molecule has 1 rings (SSSR count). The van der Waals surface area contributed by atoms with Crippen LogP contribution in [0.4, 0.5) is 0 Å². The molecule has 1 unspecified atom stereocenters. The van der Waals surface area contributed by atoms with E-state index in [4.69, 9.17) is 0 Å². The minimum Gasteiger partial charge on any atom is -0.354 e. The second-order valence-corrected chi connectivity index (χ2v) is 5.95. The Balaban J connectivity index is 2.24. The summed E-state index contributed by atoms with van der Waals surface area (Å²) in [5.41, 5.74) is 0.479. The zero-order chi connectivity index (χ0) is 12.9. The van der Waals surface area contributed by atoms with Crippen LogP contribution in [0.3, 0.4) is 0 Å². The molecule has 0 saturated heterocycles. The summed E-state index contributed by atoms with van der Waals surface area (Å²) >= 11 is 0. The van der Waals surface area contributed by atoms with E-state index in [1.54, 1.807) is 0 Å². The number of nitrogens with one attached hydrogen (secondary N) is 2. The summed E-state index contributed by atoms with van der Waals surface area (Å²) < 4.78 is 0. The maximum Gasteiger partial charge on any atom is 0.236 e. The summed E-state index contributed by atoms with van der Waals surface area (Å²) in [4.78, 5) is 11.8. The normalized spacial score (nSPS) is 19.8. The highest BCUT2D eigenvalue weighted by molar-refractivity contribution is 5.81. The lowest BCUT2D eigenvalue weighted by molar-refractivity contribution is -0.123. The summed E-state index contributed by atoms with van der Waals surface area (Å²) in [5.74, 6) is 0.643. The van der Waals surface area contributed by atoms with Crippen molar-refractivity contribution in [3.8, 4) is 0 Å². The Morgan fingerprint density at radius 1 is 1.29 bits per heavy atom. The van der Waals surface area contributed by atoms with E-state index in [1.807, 2.05) is 6.92 Å². The van der Waals surface area contributed by atoms with Gasteiger partial charge in [0, 0.05) is 13.1 Å². The lowest BCUT2D eigenvalue weighted by Crippen LogP contribution is -2.48. The average molecular weight is 240 g/mol. The van der Waals surface area contributed by atoms with Gasteiger partial charge < -0.3 is 10.6 Å². The van der Waals surface area contributed by atoms with Crippen molar-refractivity contribution in [2.24, 2.45) is 11.3 Å². The fourth-order valence-corrected chi connectivity index (χ4v) is 2.25. The van der Waals surface area contributed by atoms with E-state index in [0.29, 0.717) is 11.3 Å². The molecule has 2 N–H and O–H groups in total. The minimum atomic E-state index is -0.0715. The molecule has 17 heavy (non-hydrogen) atoms. The van der Waals surface area contributed by atoms with Gasteiger partial charge in [0.05, 0.1) is 6.04 Å². The Morgan fingerprint density at radius 2 is 1.94 bits per heavy atom. The van der Waals surface area contributed by atoms with Crippen molar-refractivity contribution in [3.05, 3.63) is 0 Å². The largest absolute Gasteiger partial charge is 0.354 e. The third-order valence-corrected chi connectivity index (χ3v) is 4.03. The van der Waals surface area contributed by atoms with E-state index in [0.717, 1.165) is 13.1 Å². The van der Waals surface area contributed by atoms with E-state index in [-0.39, 0.29) is 11.9 Å². The monoisotopic (exact) mass is 240 g/mol. The Morgan fingerprint density at radius 3 is 2.35 bits per heavy atom. The van der Waals surface area contributed by atoms with Gasteiger partial charge in [-0.05, 0) is 37.5 Å². The molecule has 1 aliphatic carbocycles. The van der Waals surface area contributed by atoms with Crippen molar-refractivity contribution in [2.45, 2.75) is 59.4 Å². The van der Waals surface area contributed by atoms with Gasteiger partial charge in [-0.2, -0.15) is 0 Å². The lowest BCUT2D eigenvalue weighted by Gasteiger charge is -2.42. The molecule has 1 aliphatic rings.